The molecule has 0 saturated carbocycles. The van der Waals surface area contributed by atoms with Gasteiger partial charge in [-0.15, -0.1) is 0 Å². The molecule has 5 nitrogen and oxygen atoms in total. The molecular formula is C21H12BrFN2O3S2. The molecule has 150 valence electrons. The van der Waals surface area contributed by atoms with Gasteiger partial charge in [0.15, 0.2) is 10.2 Å². The summed E-state index contributed by atoms with van der Waals surface area (Å²) in [6, 6.07) is 16.5. The summed E-state index contributed by atoms with van der Waals surface area (Å²) >= 11 is 9.97. The number of thiocarbonyl (C=S) groups is 1. The van der Waals surface area contributed by atoms with Gasteiger partial charge in [0.1, 0.15) is 17.2 Å². The van der Waals surface area contributed by atoms with Crippen LogP contribution in [0.3, 0.4) is 0 Å². The van der Waals surface area contributed by atoms with Crippen LogP contribution >= 0.6 is 39.9 Å². The summed E-state index contributed by atoms with van der Waals surface area (Å²) in [6.07, 6.45) is 1.36. The van der Waals surface area contributed by atoms with E-state index in [9.17, 15) is 14.0 Å². The van der Waals surface area contributed by atoms with Crippen LogP contribution in [0.15, 0.2) is 85.1 Å². The molecule has 0 aliphatic carbocycles. The lowest BCUT2D eigenvalue weighted by Crippen LogP contribution is -2.54. The maximum absolute atomic E-state index is 13.2. The van der Waals surface area contributed by atoms with Crippen LogP contribution in [0.1, 0.15) is 5.76 Å². The quantitative estimate of drug-likeness (QED) is 0.303. The fourth-order valence-electron chi connectivity index (χ4n) is 2.73. The first-order valence-corrected chi connectivity index (χ1v) is 10.6. The molecule has 0 atom stereocenters. The van der Waals surface area contributed by atoms with Crippen molar-refractivity contribution in [3.63, 3.8) is 0 Å². The average Bonchev–Trinajstić information content (AvgIpc) is 3.06. The van der Waals surface area contributed by atoms with Crippen LogP contribution in [0.5, 0.6) is 0 Å². The number of carbonyl (C=O) groups excluding carboxylic acids is 2. The fourth-order valence-corrected chi connectivity index (χ4v) is 4.36. The van der Waals surface area contributed by atoms with Gasteiger partial charge in [0.2, 0.25) is 0 Å². The highest BCUT2D eigenvalue weighted by Gasteiger charge is 2.34. The highest BCUT2D eigenvalue weighted by atomic mass is 79.9. The molecule has 30 heavy (non-hydrogen) atoms. The van der Waals surface area contributed by atoms with Gasteiger partial charge in [0.25, 0.3) is 11.8 Å². The summed E-state index contributed by atoms with van der Waals surface area (Å²) in [5, 5.41) is 2.99. The molecule has 2 heterocycles. The van der Waals surface area contributed by atoms with Crippen molar-refractivity contribution >= 4 is 68.6 Å². The lowest BCUT2D eigenvalue weighted by atomic mass is 10.1. The second kappa shape index (κ2) is 8.55. The van der Waals surface area contributed by atoms with Crippen molar-refractivity contribution in [1.82, 2.24) is 5.32 Å². The molecule has 0 unspecified atom stereocenters. The van der Waals surface area contributed by atoms with Crippen LogP contribution in [0.2, 0.25) is 0 Å². The molecule has 1 aromatic heterocycles. The highest BCUT2D eigenvalue weighted by Crippen LogP contribution is 2.36. The van der Waals surface area contributed by atoms with Crippen LogP contribution in [0.25, 0.3) is 6.08 Å². The minimum Gasteiger partial charge on any atom is -0.449 e. The van der Waals surface area contributed by atoms with E-state index in [1.807, 2.05) is 30.3 Å². The van der Waals surface area contributed by atoms with E-state index in [4.69, 9.17) is 16.6 Å². The minimum atomic E-state index is -0.631. The lowest BCUT2D eigenvalue weighted by Gasteiger charge is -2.28. The first-order valence-electron chi connectivity index (χ1n) is 8.61. The van der Waals surface area contributed by atoms with Gasteiger partial charge in [-0.1, -0.05) is 30.0 Å². The molecule has 0 bridgehead atoms. The minimum absolute atomic E-state index is 0.0743. The number of hydrogen-bond acceptors (Lipinski definition) is 5. The van der Waals surface area contributed by atoms with Crippen LogP contribution in [0.4, 0.5) is 10.1 Å². The van der Waals surface area contributed by atoms with Crippen molar-refractivity contribution < 1.29 is 18.4 Å². The van der Waals surface area contributed by atoms with Gasteiger partial charge < -0.3 is 4.42 Å². The number of anilines is 1. The maximum atomic E-state index is 13.2. The van der Waals surface area contributed by atoms with E-state index in [1.165, 1.54) is 42.1 Å². The zero-order chi connectivity index (χ0) is 21.3. The molecule has 4 rings (SSSR count). The fraction of sp³-hybridized carbons (Fsp3) is 0. The topological polar surface area (TPSA) is 62.6 Å². The van der Waals surface area contributed by atoms with E-state index in [0.29, 0.717) is 21.0 Å². The predicted molar refractivity (Wildman–Crippen MR) is 120 cm³/mol. The Balaban J connectivity index is 1.64. The van der Waals surface area contributed by atoms with Crippen molar-refractivity contribution in [3.05, 3.63) is 82.3 Å². The number of hydrogen-bond donors (Lipinski definition) is 1. The molecule has 2 amide bonds. The van der Waals surface area contributed by atoms with E-state index < -0.39 is 17.6 Å². The van der Waals surface area contributed by atoms with E-state index in [0.717, 1.165) is 9.80 Å². The van der Waals surface area contributed by atoms with E-state index in [2.05, 4.69) is 21.2 Å². The second-order valence-corrected chi connectivity index (χ2v) is 8.42. The number of furan rings is 1. The average molecular weight is 503 g/mol. The molecule has 1 aliphatic heterocycles. The Labute approximate surface area is 189 Å². The number of amides is 2. The molecule has 9 heteroatoms. The summed E-state index contributed by atoms with van der Waals surface area (Å²) in [5.74, 6) is -1.38. The molecule has 1 fully saturated rings. The molecule has 3 aromatic rings. The molecule has 0 spiro atoms. The summed E-state index contributed by atoms with van der Waals surface area (Å²) < 4.78 is 19.7. The summed E-state index contributed by atoms with van der Waals surface area (Å²) in [7, 11) is 0. The predicted octanol–water partition coefficient (Wildman–Crippen LogP) is 5.16. The molecule has 2 aromatic carbocycles. The molecule has 1 aliphatic rings. The van der Waals surface area contributed by atoms with Crippen LogP contribution < -0.4 is 10.2 Å². The van der Waals surface area contributed by atoms with Crippen LogP contribution in [-0.4, -0.2) is 16.9 Å². The maximum Gasteiger partial charge on any atom is 0.270 e. The van der Waals surface area contributed by atoms with Crippen molar-refractivity contribution in [2.75, 3.05) is 4.90 Å². The van der Waals surface area contributed by atoms with Crippen molar-refractivity contribution in [1.29, 1.82) is 0 Å². The van der Waals surface area contributed by atoms with E-state index >= 15 is 0 Å². The van der Waals surface area contributed by atoms with Crippen LogP contribution in [0, 0.1) is 5.82 Å². The third kappa shape index (κ3) is 4.23. The number of nitrogens with zero attached hydrogens (tertiary/aromatic N) is 1. The Bertz CT molecular complexity index is 1180. The van der Waals surface area contributed by atoms with Gasteiger partial charge in [-0.05, 0) is 76.7 Å². The lowest BCUT2D eigenvalue weighted by molar-refractivity contribution is -0.122. The second-order valence-electron chi connectivity index (χ2n) is 6.13. The summed E-state index contributed by atoms with van der Waals surface area (Å²) in [6.45, 7) is 0. The van der Waals surface area contributed by atoms with Gasteiger partial charge in [0.05, 0.1) is 10.2 Å². The zero-order valence-electron chi connectivity index (χ0n) is 15.1. The Kier molecular flexibility index (Phi) is 5.85. The molecule has 1 N–H and O–H groups in total. The normalized spacial score (nSPS) is 15.6. The Hall–Kier alpha value is -2.75. The largest absolute Gasteiger partial charge is 0.449 e. The molecule has 0 radical (unpaired) electrons. The summed E-state index contributed by atoms with van der Waals surface area (Å²) in [4.78, 5) is 27.5. The van der Waals surface area contributed by atoms with Crippen molar-refractivity contribution in [2.45, 2.75) is 9.99 Å². The number of rotatable bonds is 4. The summed E-state index contributed by atoms with van der Waals surface area (Å²) in [5.41, 5.74) is 0.198. The van der Waals surface area contributed by atoms with Gasteiger partial charge >= 0.3 is 0 Å². The molecule has 1 saturated heterocycles. The van der Waals surface area contributed by atoms with Crippen molar-refractivity contribution in [3.8, 4) is 0 Å². The third-order valence-corrected chi connectivity index (χ3v) is 6.23. The smallest absolute Gasteiger partial charge is 0.270 e. The Morgan fingerprint density at radius 2 is 1.80 bits per heavy atom. The third-order valence-electron chi connectivity index (χ3n) is 4.10. The van der Waals surface area contributed by atoms with E-state index in [1.54, 1.807) is 6.07 Å². The van der Waals surface area contributed by atoms with Gasteiger partial charge in [-0.3, -0.25) is 19.8 Å². The number of benzene rings is 2. The standard InChI is InChI=1S/C21H12BrFN2O3S2/c22-17-11-14(28-20(17)30-15-4-2-1-3-5-15)10-16-18(26)24-21(29)25(19(16)27)13-8-6-12(23)7-9-13/h1-11H,(H,24,26,29)/b16-10-. The van der Waals surface area contributed by atoms with Crippen molar-refractivity contribution in [2.24, 2.45) is 0 Å². The van der Waals surface area contributed by atoms with E-state index in [-0.39, 0.29) is 10.7 Å². The monoisotopic (exact) mass is 502 g/mol. The van der Waals surface area contributed by atoms with Crippen LogP contribution in [-0.2, 0) is 9.59 Å². The Morgan fingerprint density at radius 1 is 1.10 bits per heavy atom. The number of halogens is 2. The molecular weight excluding hydrogens is 491 g/mol. The Morgan fingerprint density at radius 3 is 2.50 bits per heavy atom. The van der Waals surface area contributed by atoms with Gasteiger partial charge in [-0.25, -0.2) is 4.39 Å². The zero-order valence-corrected chi connectivity index (χ0v) is 18.3. The first kappa shape index (κ1) is 20.5. The highest BCUT2D eigenvalue weighted by molar-refractivity contribution is 9.10. The number of nitrogens with one attached hydrogen (secondary N) is 1. The van der Waals surface area contributed by atoms with Gasteiger partial charge in [0, 0.05) is 4.90 Å². The number of carbonyl (C=O) groups is 2. The van der Waals surface area contributed by atoms with Gasteiger partial charge in [-0.2, -0.15) is 0 Å². The SMILES string of the molecule is O=C1NC(=S)N(c2ccc(F)cc2)C(=O)/C1=C\c1cc(Br)c(Sc2ccccc2)o1. The first-order chi connectivity index (χ1) is 14.4.